The van der Waals surface area contributed by atoms with Gasteiger partial charge in [0.2, 0.25) is 5.91 Å². The maximum atomic E-state index is 11.9. The average Bonchev–Trinajstić information content (AvgIpc) is 2.44. The predicted molar refractivity (Wildman–Crippen MR) is 81.7 cm³/mol. The predicted octanol–water partition coefficient (Wildman–Crippen LogP) is 2.05. The number of carbonyl (C=O) groups excluding carboxylic acids is 1. The molecule has 20 heavy (non-hydrogen) atoms. The molecule has 1 aromatic rings. The lowest BCUT2D eigenvalue weighted by molar-refractivity contribution is -0.122. The highest BCUT2D eigenvalue weighted by atomic mass is 35.5. The molecular formula is C15H23ClN2O2. The smallest absolute Gasteiger partial charge is 0.234 e. The van der Waals surface area contributed by atoms with E-state index in [-0.39, 0.29) is 12.5 Å². The molecule has 0 spiro atoms. The molecule has 0 aliphatic rings. The number of unbranched alkanes of at least 4 members (excludes halogenated alkanes) is 1. The molecule has 0 aliphatic carbocycles. The van der Waals surface area contributed by atoms with E-state index in [4.69, 9.17) is 16.7 Å². The van der Waals surface area contributed by atoms with Crippen LogP contribution in [0.15, 0.2) is 24.3 Å². The Morgan fingerprint density at radius 3 is 2.75 bits per heavy atom. The minimum Gasteiger partial charge on any atom is -0.395 e. The number of nitrogens with one attached hydrogen (secondary N) is 1. The molecule has 0 heterocycles. The van der Waals surface area contributed by atoms with E-state index in [1.54, 1.807) is 0 Å². The van der Waals surface area contributed by atoms with E-state index >= 15 is 0 Å². The third-order valence-corrected chi connectivity index (χ3v) is 3.41. The van der Waals surface area contributed by atoms with Crippen LogP contribution in [0.4, 0.5) is 0 Å². The van der Waals surface area contributed by atoms with Crippen molar-refractivity contribution in [1.82, 2.24) is 10.2 Å². The summed E-state index contributed by atoms with van der Waals surface area (Å²) in [6.07, 6.45) is 2.10. The van der Waals surface area contributed by atoms with Crippen LogP contribution >= 0.6 is 11.6 Å². The molecule has 0 aliphatic heterocycles. The van der Waals surface area contributed by atoms with Crippen molar-refractivity contribution in [3.05, 3.63) is 34.9 Å². The topological polar surface area (TPSA) is 52.6 Å². The van der Waals surface area contributed by atoms with Crippen LogP contribution in [0.5, 0.6) is 0 Å². The van der Waals surface area contributed by atoms with Crippen LogP contribution < -0.4 is 5.32 Å². The Hall–Kier alpha value is -1.10. The van der Waals surface area contributed by atoms with Crippen molar-refractivity contribution in [3.8, 4) is 0 Å². The molecule has 2 N–H and O–H groups in total. The molecule has 0 saturated heterocycles. The Morgan fingerprint density at radius 1 is 1.35 bits per heavy atom. The second kappa shape index (κ2) is 9.75. The van der Waals surface area contributed by atoms with Crippen LogP contribution in [0.2, 0.25) is 5.02 Å². The van der Waals surface area contributed by atoms with Gasteiger partial charge in [0.15, 0.2) is 0 Å². The van der Waals surface area contributed by atoms with Crippen molar-refractivity contribution >= 4 is 17.5 Å². The van der Waals surface area contributed by atoms with Gasteiger partial charge in [-0.3, -0.25) is 9.69 Å². The third kappa shape index (κ3) is 6.37. The molecular weight excluding hydrogens is 276 g/mol. The molecule has 4 nitrogen and oxygen atoms in total. The first-order valence-corrected chi connectivity index (χ1v) is 7.38. The number of rotatable bonds is 9. The van der Waals surface area contributed by atoms with Gasteiger partial charge in [0.05, 0.1) is 13.2 Å². The summed E-state index contributed by atoms with van der Waals surface area (Å²) in [6.45, 7) is 4.27. The van der Waals surface area contributed by atoms with Gasteiger partial charge in [-0.05, 0) is 24.6 Å². The Bertz CT molecular complexity index is 413. The molecule has 0 atom stereocenters. The number of nitrogens with zero attached hydrogens (tertiary/aromatic N) is 1. The van der Waals surface area contributed by atoms with Crippen LogP contribution in [0, 0.1) is 0 Å². The molecule has 1 amide bonds. The summed E-state index contributed by atoms with van der Waals surface area (Å²) in [5, 5.41) is 12.5. The summed E-state index contributed by atoms with van der Waals surface area (Å²) < 4.78 is 0. The fourth-order valence-corrected chi connectivity index (χ4v) is 2.09. The lowest BCUT2D eigenvalue weighted by atomic mass is 10.2. The molecule has 0 unspecified atom stereocenters. The minimum absolute atomic E-state index is 0.0468. The summed E-state index contributed by atoms with van der Waals surface area (Å²) >= 11 is 6.04. The van der Waals surface area contributed by atoms with E-state index in [1.165, 1.54) is 0 Å². The normalized spacial score (nSPS) is 10.8. The van der Waals surface area contributed by atoms with Crippen molar-refractivity contribution in [2.75, 3.05) is 26.2 Å². The maximum absolute atomic E-state index is 11.9. The fraction of sp³-hybridized carbons (Fsp3) is 0.533. The van der Waals surface area contributed by atoms with E-state index in [0.717, 1.165) is 24.9 Å². The van der Waals surface area contributed by atoms with Gasteiger partial charge < -0.3 is 10.4 Å². The SMILES string of the molecule is CCCCN(CCO)CC(=O)NCc1ccccc1Cl. The van der Waals surface area contributed by atoms with Gasteiger partial charge in [0.1, 0.15) is 0 Å². The lowest BCUT2D eigenvalue weighted by Gasteiger charge is -2.20. The Labute approximate surface area is 125 Å². The highest BCUT2D eigenvalue weighted by Crippen LogP contribution is 2.14. The highest BCUT2D eigenvalue weighted by Gasteiger charge is 2.10. The molecule has 0 aromatic heterocycles. The first kappa shape index (κ1) is 17.0. The second-order valence-electron chi connectivity index (χ2n) is 4.72. The zero-order chi connectivity index (χ0) is 14.8. The first-order chi connectivity index (χ1) is 9.67. The van der Waals surface area contributed by atoms with Crippen molar-refractivity contribution in [2.45, 2.75) is 26.3 Å². The van der Waals surface area contributed by atoms with Gasteiger partial charge in [-0.1, -0.05) is 43.1 Å². The van der Waals surface area contributed by atoms with E-state index < -0.39 is 0 Å². The second-order valence-corrected chi connectivity index (χ2v) is 5.13. The van der Waals surface area contributed by atoms with Gasteiger partial charge in [0, 0.05) is 18.1 Å². The molecule has 0 bridgehead atoms. The van der Waals surface area contributed by atoms with Gasteiger partial charge in [0.25, 0.3) is 0 Å². The zero-order valence-corrected chi connectivity index (χ0v) is 12.7. The standard InChI is InChI=1S/C15H23ClN2O2/c1-2-3-8-18(9-10-19)12-15(20)17-11-13-6-4-5-7-14(13)16/h4-7,19H,2-3,8-12H2,1H3,(H,17,20). The molecule has 0 radical (unpaired) electrons. The maximum Gasteiger partial charge on any atom is 0.234 e. The highest BCUT2D eigenvalue weighted by molar-refractivity contribution is 6.31. The number of halogens is 1. The van der Waals surface area contributed by atoms with E-state index in [2.05, 4.69) is 12.2 Å². The first-order valence-electron chi connectivity index (χ1n) is 7.00. The lowest BCUT2D eigenvalue weighted by Crippen LogP contribution is -2.38. The van der Waals surface area contributed by atoms with Gasteiger partial charge in [-0.25, -0.2) is 0 Å². The number of hydrogen-bond donors (Lipinski definition) is 2. The van der Waals surface area contributed by atoms with Gasteiger partial charge in [-0.15, -0.1) is 0 Å². The molecule has 112 valence electrons. The van der Waals surface area contributed by atoms with Crippen LogP contribution in [-0.4, -0.2) is 42.2 Å². The van der Waals surface area contributed by atoms with Gasteiger partial charge in [-0.2, -0.15) is 0 Å². The number of hydrogen-bond acceptors (Lipinski definition) is 3. The summed E-state index contributed by atoms with van der Waals surface area (Å²) in [4.78, 5) is 13.9. The third-order valence-electron chi connectivity index (χ3n) is 3.05. The Kier molecular flexibility index (Phi) is 8.26. The Balaban J connectivity index is 2.39. The number of benzene rings is 1. The molecule has 0 saturated carbocycles. The van der Waals surface area contributed by atoms with Crippen LogP contribution in [-0.2, 0) is 11.3 Å². The van der Waals surface area contributed by atoms with Crippen LogP contribution in [0.25, 0.3) is 0 Å². The summed E-state index contributed by atoms with van der Waals surface area (Å²) in [5.74, 6) is -0.0468. The molecule has 0 fully saturated rings. The minimum atomic E-state index is -0.0468. The number of carbonyl (C=O) groups is 1. The number of aliphatic hydroxyl groups is 1. The van der Waals surface area contributed by atoms with Crippen LogP contribution in [0.1, 0.15) is 25.3 Å². The average molecular weight is 299 g/mol. The van der Waals surface area contributed by atoms with Crippen molar-refractivity contribution < 1.29 is 9.90 Å². The Morgan fingerprint density at radius 2 is 2.10 bits per heavy atom. The number of amides is 1. The molecule has 5 heteroatoms. The molecule has 1 rings (SSSR count). The summed E-state index contributed by atoms with van der Waals surface area (Å²) in [7, 11) is 0. The van der Waals surface area contributed by atoms with Crippen LogP contribution in [0.3, 0.4) is 0 Å². The largest absolute Gasteiger partial charge is 0.395 e. The number of aliphatic hydroxyl groups excluding tert-OH is 1. The van der Waals surface area contributed by atoms with Crippen molar-refractivity contribution in [3.63, 3.8) is 0 Å². The summed E-state index contributed by atoms with van der Waals surface area (Å²) in [6, 6.07) is 7.46. The fourth-order valence-electron chi connectivity index (χ4n) is 1.89. The van der Waals surface area contributed by atoms with E-state index in [0.29, 0.717) is 24.7 Å². The zero-order valence-electron chi connectivity index (χ0n) is 11.9. The van der Waals surface area contributed by atoms with E-state index in [9.17, 15) is 4.79 Å². The molecule has 1 aromatic carbocycles. The van der Waals surface area contributed by atoms with Crippen molar-refractivity contribution in [2.24, 2.45) is 0 Å². The van der Waals surface area contributed by atoms with Gasteiger partial charge >= 0.3 is 0 Å². The monoisotopic (exact) mass is 298 g/mol. The van der Waals surface area contributed by atoms with E-state index in [1.807, 2.05) is 29.2 Å². The van der Waals surface area contributed by atoms with Crippen molar-refractivity contribution in [1.29, 1.82) is 0 Å². The summed E-state index contributed by atoms with van der Waals surface area (Å²) in [5.41, 5.74) is 0.907. The quantitative estimate of drug-likeness (QED) is 0.734.